The number of rotatable bonds is 10. The fourth-order valence-corrected chi connectivity index (χ4v) is 3.54. The van der Waals surface area contributed by atoms with Crippen molar-refractivity contribution in [3.63, 3.8) is 0 Å². The van der Waals surface area contributed by atoms with Crippen LogP contribution >= 0.6 is 15.9 Å². The van der Waals surface area contributed by atoms with Crippen LogP contribution in [-0.2, 0) is 4.84 Å². The number of hydrogen-bond acceptors (Lipinski definition) is 8. The standard InChI is InChI=1S/C22H21BrN6O4/c1-15-20-21(24-14-25-22(20)28(27-15)18-8-4-16(23)5-9-18)26-17-6-10-19(11-7-17)32-12-2-3-13-33-29(30)31/h4-11,14H,2-3,12-13H2,1H3,(H,24,25,26). The van der Waals surface area contributed by atoms with Gasteiger partial charge in [-0.15, -0.1) is 10.1 Å². The predicted molar refractivity (Wildman–Crippen MR) is 126 cm³/mol. The number of unbranched alkanes of at least 4 members (excludes halogenated alkanes) is 1. The van der Waals surface area contributed by atoms with E-state index in [1.54, 1.807) is 4.68 Å². The molecule has 10 nitrogen and oxygen atoms in total. The molecule has 170 valence electrons. The van der Waals surface area contributed by atoms with Gasteiger partial charge in [-0.2, -0.15) is 5.10 Å². The van der Waals surface area contributed by atoms with Gasteiger partial charge in [0.05, 0.1) is 30.0 Å². The molecule has 0 aliphatic rings. The number of benzene rings is 2. The molecule has 2 heterocycles. The fourth-order valence-electron chi connectivity index (χ4n) is 3.28. The Morgan fingerprint density at radius 2 is 1.79 bits per heavy atom. The van der Waals surface area contributed by atoms with Crippen molar-refractivity contribution in [3.05, 3.63) is 75.1 Å². The van der Waals surface area contributed by atoms with Gasteiger partial charge >= 0.3 is 0 Å². The van der Waals surface area contributed by atoms with Gasteiger partial charge in [0.25, 0.3) is 5.09 Å². The van der Waals surface area contributed by atoms with E-state index in [0.717, 1.165) is 26.9 Å². The summed E-state index contributed by atoms with van der Waals surface area (Å²) >= 11 is 3.45. The Kier molecular flexibility index (Phi) is 6.98. The zero-order valence-electron chi connectivity index (χ0n) is 17.8. The van der Waals surface area contributed by atoms with Crippen molar-refractivity contribution in [2.24, 2.45) is 0 Å². The molecule has 0 spiro atoms. The molecule has 0 fully saturated rings. The minimum atomic E-state index is -0.786. The first-order chi connectivity index (χ1) is 16.0. The molecule has 1 N–H and O–H groups in total. The second-order valence-corrected chi connectivity index (χ2v) is 8.07. The second kappa shape index (κ2) is 10.3. The molecule has 4 aromatic rings. The van der Waals surface area contributed by atoms with Gasteiger partial charge in [-0.1, -0.05) is 15.9 Å². The zero-order chi connectivity index (χ0) is 23.2. The summed E-state index contributed by atoms with van der Waals surface area (Å²) in [5, 5.41) is 18.2. The normalized spacial score (nSPS) is 10.8. The van der Waals surface area contributed by atoms with Crippen LogP contribution in [0.4, 0.5) is 11.5 Å². The number of hydrogen-bond donors (Lipinski definition) is 1. The van der Waals surface area contributed by atoms with Crippen LogP contribution in [0.5, 0.6) is 5.75 Å². The molecule has 33 heavy (non-hydrogen) atoms. The van der Waals surface area contributed by atoms with Gasteiger partial charge in [0.1, 0.15) is 17.9 Å². The number of ether oxygens (including phenoxy) is 1. The Hall–Kier alpha value is -3.73. The minimum absolute atomic E-state index is 0.0738. The van der Waals surface area contributed by atoms with Crippen molar-refractivity contribution >= 4 is 38.5 Å². The van der Waals surface area contributed by atoms with Gasteiger partial charge in [-0.25, -0.2) is 14.6 Å². The first-order valence-corrected chi connectivity index (χ1v) is 11.0. The van der Waals surface area contributed by atoms with E-state index >= 15 is 0 Å². The van der Waals surface area contributed by atoms with Crippen LogP contribution in [0, 0.1) is 17.0 Å². The third-order valence-corrected chi connectivity index (χ3v) is 5.36. The van der Waals surface area contributed by atoms with E-state index in [0.29, 0.717) is 36.7 Å². The van der Waals surface area contributed by atoms with Crippen LogP contribution in [0.3, 0.4) is 0 Å². The molecule has 0 amide bonds. The molecule has 0 unspecified atom stereocenters. The third kappa shape index (κ3) is 5.55. The van der Waals surface area contributed by atoms with Gasteiger partial charge in [-0.3, -0.25) is 0 Å². The molecule has 2 aromatic carbocycles. The smallest absolute Gasteiger partial charge is 0.294 e. The first-order valence-electron chi connectivity index (χ1n) is 10.2. The lowest BCUT2D eigenvalue weighted by molar-refractivity contribution is -0.757. The van der Waals surface area contributed by atoms with Crippen LogP contribution in [-0.4, -0.2) is 38.0 Å². The van der Waals surface area contributed by atoms with Crippen molar-refractivity contribution in [2.45, 2.75) is 19.8 Å². The fraction of sp³-hybridized carbons (Fsp3) is 0.227. The SMILES string of the molecule is Cc1nn(-c2ccc(Br)cc2)c2ncnc(Nc3ccc(OCCCCO[N+](=O)[O-])cc3)c12. The van der Waals surface area contributed by atoms with Gasteiger partial charge in [0, 0.05) is 10.2 Å². The number of anilines is 2. The molecule has 4 rings (SSSR count). The molecule has 11 heteroatoms. The lowest BCUT2D eigenvalue weighted by Crippen LogP contribution is -2.04. The average molecular weight is 513 g/mol. The lowest BCUT2D eigenvalue weighted by atomic mass is 10.2. The van der Waals surface area contributed by atoms with Crippen molar-refractivity contribution in [1.29, 1.82) is 0 Å². The monoisotopic (exact) mass is 512 g/mol. The molecular weight excluding hydrogens is 492 g/mol. The van der Waals surface area contributed by atoms with E-state index in [1.807, 2.05) is 55.5 Å². The number of nitrogens with zero attached hydrogens (tertiary/aromatic N) is 5. The van der Waals surface area contributed by atoms with E-state index < -0.39 is 5.09 Å². The highest BCUT2D eigenvalue weighted by Gasteiger charge is 2.15. The predicted octanol–water partition coefficient (Wildman–Crippen LogP) is 5.00. The van der Waals surface area contributed by atoms with E-state index in [4.69, 9.17) is 4.74 Å². The van der Waals surface area contributed by atoms with Gasteiger partial charge in [-0.05, 0) is 68.3 Å². The molecule has 0 atom stereocenters. The number of nitrogens with one attached hydrogen (secondary N) is 1. The van der Waals surface area contributed by atoms with Gasteiger partial charge < -0.3 is 14.9 Å². The van der Waals surface area contributed by atoms with Crippen LogP contribution < -0.4 is 10.1 Å². The molecule has 0 bridgehead atoms. The maximum absolute atomic E-state index is 10.1. The highest BCUT2D eigenvalue weighted by atomic mass is 79.9. The summed E-state index contributed by atoms with van der Waals surface area (Å²) in [5.41, 5.74) is 3.29. The maximum atomic E-state index is 10.1. The van der Waals surface area contributed by atoms with Crippen molar-refractivity contribution in [1.82, 2.24) is 19.7 Å². The molecular formula is C22H21BrN6O4. The zero-order valence-corrected chi connectivity index (χ0v) is 19.4. The third-order valence-electron chi connectivity index (χ3n) is 4.83. The summed E-state index contributed by atoms with van der Waals surface area (Å²) in [7, 11) is 0. The average Bonchev–Trinajstić information content (AvgIpc) is 3.15. The Balaban J connectivity index is 1.44. The van der Waals surface area contributed by atoms with E-state index in [2.05, 4.69) is 41.2 Å². The number of aryl methyl sites for hydroxylation is 1. The van der Waals surface area contributed by atoms with Crippen molar-refractivity contribution < 1.29 is 14.7 Å². The maximum Gasteiger partial charge on any atom is 0.294 e. The summed E-state index contributed by atoms with van der Waals surface area (Å²) in [6, 6.07) is 15.4. The molecule has 0 radical (unpaired) electrons. The lowest BCUT2D eigenvalue weighted by Gasteiger charge is -2.09. The van der Waals surface area contributed by atoms with Crippen LogP contribution in [0.15, 0.2) is 59.3 Å². The van der Waals surface area contributed by atoms with Crippen molar-refractivity contribution in [2.75, 3.05) is 18.5 Å². The number of aromatic nitrogens is 4. The number of fused-ring (bicyclic) bond motifs is 1. The highest BCUT2D eigenvalue weighted by molar-refractivity contribution is 9.10. The largest absolute Gasteiger partial charge is 0.494 e. The quantitative estimate of drug-likeness (QED) is 0.179. The van der Waals surface area contributed by atoms with E-state index in [-0.39, 0.29) is 6.61 Å². The summed E-state index contributed by atoms with van der Waals surface area (Å²) in [4.78, 5) is 23.3. The number of halogens is 1. The van der Waals surface area contributed by atoms with Crippen LogP contribution in [0.2, 0.25) is 0 Å². The Morgan fingerprint density at radius 3 is 2.52 bits per heavy atom. The van der Waals surface area contributed by atoms with E-state index in [1.165, 1.54) is 6.33 Å². The molecule has 0 aliphatic carbocycles. The molecule has 2 aromatic heterocycles. The van der Waals surface area contributed by atoms with Gasteiger partial charge in [0.15, 0.2) is 5.65 Å². The van der Waals surface area contributed by atoms with Crippen LogP contribution in [0.1, 0.15) is 18.5 Å². The van der Waals surface area contributed by atoms with E-state index in [9.17, 15) is 10.1 Å². The second-order valence-electron chi connectivity index (χ2n) is 7.16. The summed E-state index contributed by atoms with van der Waals surface area (Å²) in [5.74, 6) is 1.38. The Morgan fingerprint density at radius 1 is 1.06 bits per heavy atom. The summed E-state index contributed by atoms with van der Waals surface area (Å²) in [6.07, 6.45) is 2.73. The molecule has 0 aliphatic heterocycles. The topological polar surface area (TPSA) is 117 Å². The van der Waals surface area contributed by atoms with Crippen molar-refractivity contribution in [3.8, 4) is 11.4 Å². The minimum Gasteiger partial charge on any atom is -0.494 e. The molecule has 0 saturated carbocycles. The van der Waals surface area contributed by atoms with Gasteiger partial charge in [0.2, 0.25) is 0 Å². The van der Waals surface area contributed by atoms with Crippen LogP contribution in [0.25, 0.3) is 16.7 Å². The summed E-state index contributed by atoms with van der Waals surface area (Å²) in [6.45, 7) is 2.46. The Bertz CT molecular complexity index is 1240. The summed E-state index contributed by atoms with van der Waals surface area (Å²) < 4.78 is 8.47. The Labute approximate surface area is 197 Å². The molecule has 0 saturated heterocycles. The first kappa shape index (κ1) is 22.5. The highest BCUT2D eigenvalue weighted by Crippen LogP contribution is 2.28.